The number of hydrogen-bond donors (Lipinski definition) is 0. The minimum atomic E-state index is 0.644. The molecule has 0 atom stereocenters. The second-order valence-corrected chi connectivity index (χ2v) is 11.2. The molecule has 4 nitrogen and oxygen atoms in total. The Bertz CT molecular complexity index is 2460. The third-order valence-corrected chi connectivity index (χ3v) is 8.52. The van der Waals surface area contributed by atoms with Crippen molar-refractivity contribution in [2.24, 2.45) is 0 Å². The van der Waals surface area contributed by atoms with E-state index >= 15 is 0 Å². The quantitative estimate of drug-likeness (QED) is 0.196. The molecule has 4 heteroatoms. The molecule has 2 aromatic heterocycles. The van der Waals surface area contributed by atoms with E-state index in [1.54, 1.807) is 0 Å². The van der Waals surface area contributed by atoms with Crippen LogP contribution in [0.1, 0.15) is 0 Å². The highest BCUT2D eigenvalue weighted by atomic mass is 16.3. The summed E-state index contributed by atoms with van der Waals surface area (Å²) in [5.74, 6) is 1.95. The molecule has 0 bridgehead atoms. The second kappa shape index (κ2) is 10.2. The monoisotopic (exact) mass is 575 g/mol. The van der Waals surface area contributed by atoms with E-state index in [2.05, 4.69) is 78.9 Å². The van der Waals surface area contributed by atoms with Gasteiger partial charge in [-0.15, -0.1) is 0 Å². The maximum atomic E-state index is 6.45. The molecular weight excluding hydrogens is 550 g/mol. The van der Waals surface area contributed by atoms with Crippen molar-refractivity contribution in [1.82, 2.24) is 15.0 Å². The van der Waals surface area contributed by atoms with Gasteiger partial charge >= 0.3 is 0 Å². The van der Waals surface area contributed by atoms with Crippen molar-refractivity contribution < 1.29 is 4.42 Å². The Hall–Kier alpha value is -6.13. The van der Waals surface area contributed by atoms with Gasteiger partial charge in [-0.2, -0.15) is 0 Å². The van der Waals surface area contributed by atoms with Crippen molar-refractivity contribution in [3.8, 4) is 45.3 Å². The Labute approximate surface area is 259 Å². The molecule has 7 aromatic carbocycles. The minimum Gasteiger partial charge on any atom is -0.455 e. The third-order valence-electron chi connectivity index (χ3n) is 8.52. The van der Waals surface area contributed by atoms with Gasteiger partial charge < -0.3 is 4.42 Å². The van der Waals surface area contributed by atoms with E-state index in [1.807, 2.05) is 72.8 Å². The summed E-state index contributed by atoms with van der Waals surface area (Å²) in [7, 11) is 0. The summed E-state index contributed by atoms with van der Waals surface area (Å²) >= 11 is 0. The standard InChI is InChI=1S/C41H25N3O/c1-3-11-27(12-4-1)39-42-40(28-13-5-2-6-14-28)44-41(43-39)29-21-19-26(20-22-29)30-23-24-32-31-15-7-8-16-33(31)38-37(35(32)25-30)34-17-9-10-18-36(34)45-38/h1-25H. The van der Waals surface area contributed by atoms with Crippen molar-refractivity contribution >= 4 is 43.5 Å². The molecule has 0 spiro atoms. The highest BCUT2D eigenvalue weighted by molar-refractivity contribution is 6.30. The average Bonchev–Trinajstić information content (AvgIpc) is 3.52. The first kappa shape index (κ1) is 25.4. The van der Waals surface area contributed by atoms with Gasteiger partial charge in [0.2, 0.25) is 0 Å². The van der Waals surface area contributed by atoms with Gasteiger partial charge in [0.05, 0.1) is 0 Å². The lowest BCUT2D eigenvalue weighted by Crippen LogP contribution is -2.00. The lowest BCUT2D eigenvalue weighted by Gasteiger charge is -2.11. The molecular formula is C41H25N3O. The molecule has 2 heterocycles. The Kier molecular flexibility index (Phi) is 5.78. The normalized spacial score (nSPS) is 11.6. The summed E-state index contributed by atoms with van der Waals surface area (Å²) < 4.78 is 6.45. The van der Waals surface area contributed by atoms with E-state index in [0.29, 0.717) is 17.5 Å². The average molecular weight is 576 g/mol. The highest BCUT2D eigenvalue weighted by Gasteiger charge is 2.17. The molecule has 0 aliphatic rings. The van der Waals surface area contributed by atoms with Crippen LogP contribution in [-0.4, -0.2) is 15.0 Å². The number of benzene rings is 7. The van der Waals surface area contributed by atoms with E-state index < -0.39 is 0 Å². The Morgan fingerprint density at radius 2 is 0.800 bits per heavy atom. The fraction of sp³-hybridized carbons (Fsp3) is 0. The summed E-state index contributed by atoms with van der Waals surface area (Å²) in [4.78, 5) is 14.6. The van der Waals surface area contributed by atoms with Gasteiger partial charge in [0.1, 0.15) is 11.2 Å². The van der Waals surface area contributed by atoms with Gasteiger partial charge in [-0.3, -0.25) is 0 Å². The summed E-state index contributed by atoms with van der Waals surface area (Å²) in [5.41, 5.74) is 6.95. The van der Waals surface area contributed by atoms with Crippen LogP contribution in [0, 0.1) is 0 Å². The third kappa shape index (κ3) is 4.27. The lowest BCUT2D eigenvalue weighted by molar-refractivity contribution is 0.673. The minimum absolute atomic E-state index is 0.644. The molecule has 0 radical (unpaired) electrons. The topological polar surface area (TPSA) is 51.8 Å². The molecule has 0 aliphatic carbocycles. The van der Waals surface area contributed by atoms with Crippen molar-refractivity contribution in [2.75, 3.05) is 0 Å². The number of fused-ring (bicyclic) bond motifs is 8. The van der Waals surface area contributed by atoms with Gasteiger partial charge in [-0.25, -0.2) is 15.0 Å². The lowest BCUT2D eigenvalue weighted by atomic mass is 9.93. The molecule has 0 saturated carbocycles. The smallest absolute Gasteiger partial charge is 0.164 e. The maximum Gasteiger partial charge on any atom is 0.164 e. The number of nitrogens with zero attached hydrogens (tertiary/aromatic N) is 3. The second-order valence-electron chi connectivity index (χ2n) is 11.2. The predicted molar refractivity (Wildman–Crippen MR) is 184 cm³/mol. The molecule has 0 aliphatic heterocycles. The van der Waals surface area contributed by atoms with E-state index in [9.17, 15) is 0 Å². The summed E-state index contributed by atoms with van der Waals surface area (Å²) in [5, 5.41) is 7.03. The van der Waals surface area contributed by atoms with Crippen LogP contribution in [-0.2, 0) is 0 Å². The molecule has 0 amide bonds. The largest absolute Gasteiger partial charge is 0.455 e. The van der Waals surface area contributed by atoms with Gasteiger partial charge in [0, 0.05) is 32.8 Å². The zero-order chi connectivity index (χ0) is 29.7. The maximum absolute atomic E-state index is 6.45. The zero-order valence-corrected chi connectivity index (χ0v) is 24.2. The molecule has 9 rings (SSSR count). The van der Waals surface area contributed by atoms with Crippen molar-refractivity contribution in [2.45, 2.75) is 0 Å². The van der Waals surface area contributed by atoms with Crippen LogP contribution < -0.4 is 0 Å². The van der Waals surface area contributed by atoms with Gasteiger partial charge in [-0.1, -0.05) is 140 Å². The van der Waals surface area contributed by atoms with Crippen LogP contribution in [0.25, 0.3) is 88.8 Å². The van der Waals surface area contributed by atoms with E-state index in [-0.39, 0.29) is 0 Å². The van der Waals surface area contributed by atoms with E-state index in [1.165, 1.54) is 16.2 Å². The van der Waals surface area contributed by atoms with E-state index in [0.717, 1.165) is 55.1 Å². The molecule has 45 heavy (non-hydrogen) atoms. The van der Waals surface area contributed by atoms with Crippen LogP contribution in [0.15, 0.2) is 156 Å². The highest BCUT2D eigenvalue weighted by Crippen LogP contribution is 2.42. The number of aromatic nitrogens is 3. The number of furan rings is 1. The summed E-state index contributed by atoms with van der Waals surface area (Å²) in [6.45, 7) is 0. The molecule has 0 N–H and O–H groups in total. The summed E-state index contributed by atoms with van der Waals surface area (Å²) in [6, 6.07) is 52.2. The number of hydrogen-bond acceptors (Lipinski definition) is 4. The number of para-hydroxylation sites is 1. The first-order valence-corrected chi connectivity index (χ1v) is 15.0. The van der Waals surface area contributed by atoms with Crippen molar-refractivity contribution in [1.29, 1.82) is 0 Å². The Morgan fingerprint density at radius 3 is 1.44 bits per heavy atom. The van der Waals surface area contributed by atoms with Crippen LogP contribution in [0.3, 0.4) is 0 Å². The summed E-state index contributed by atoms with van der Waals surface area (Å²) in [6.07, 6.45) is 0. The zero-order valence-electron chi connectivity index (χ0n) is 24.2. The van der Waals surface area contributed by atoms with Crippen LogP contribution in [0.2, 0.25) is 0 Å². The van der Waals surface area contributed by atoms with Crippen molar-refractivity contribution in [3.05, 3.63) is 152 Å². The Balaban J connectivity index is 1.18. The molecule has 0 unspecified atom stereocenters. The fourth-order valence-corrected chi connectivity index (χ4v) is 6.33. The van der Waals surface area contributed by atoms with Gasteiger partial charge in [-0.05, 0) is 39.4 Å². The van der Waals surface area contributed by atoms with Crippen LogP contribution in [0.4, 0.5) is 0 Å². The molecule has 0 saturated heterocycles. The first-order chi connectivity index (χ1) is 22.3. The Morgan fingerprint density at radius 1 is 0.333 bits per heavy atom. The fourth-order valence-electron chi connectivity index (χ4n) is 6.33. The van der Waals surface area contributed by atoms with Crippen LogP contribution >= 0.6 is 0 Å². The SMILES string of the molecule is c1ccc(-c2nc(-c3ccccc3)nc(-c3ccc(-c4ccc5c6ccccc6c6oc7ccccc7c6c5c4)cc3)n2)cc1. The molecule has 210 valence electrons. The predicted octanol–water partition coefficient (Wildman–Crippen LogP) is 10.7. The number of rotatable bonds is 4. The van der Waals surface area contributed by atoms with Gasteiger partial charge in [0.25, 0.3) is 0 Å². The van der Waals surface area contributed by atoms with Crippen molar-refractivity contribution in [3.63, 3.8) is 0 Å². The molecule has 9 aromatic rings. The van der Waals surface area contributed by atoms with Gasteiger partial charge in [0.15, 0.2) is 17.5 Å². The first-order valence-electron chi connectivity index (χ1n) is 15.0. The molecule has 0 fully saturated rings. The van der Waals surface area contributed by atoms with Crippen LogP contribution in [0.5, 0.6) is 0 Å². The van der Waals surface area contributed by atoms with E-state index in [4.69, 9.17) is 19.4 Å².